The van der Waals surface area contributed by atoms with Gasteiger partial charge in [0, 0.05) is 19.4 Å². The predicted molar refractivity (Wildman–Crippen MR) is 36.9 cm³/mol. The van der Waals surface area contributed by atoms with Gasteiger partial charge in [0.15, 0.2) is 0 Å². The van der Waals surface area contributed by atoms with E-state index in [1.54, 1.807) is 0 Å². The monoisotopic (exact) mass is 127 g/mol. The maximum atomic E-state index is 5.50. The topological polar surface area (TPSA) is 26.0 Å². The lowest BCUT2D eigenvalue weighted by molar-refractivity contribution is -0.801. The van der Waals surface area contributed by atoms with E-state index in [0.29, 0.717) is 0 Å². The molecule has 52 valence electrons. The Bertz CT molecular complexity index is 124. The Kier molecular flexibility index (Phi) is 1.08. The molecular weight excluding hydrogens is 112 g/mol. The van der Waals surface area contributed by atoms with Gasteiger partial charge in [-0.3, -0.25) is 0 Å². The number of piperidine rings is 1. The van der Waals surface area contributed by atoms with Crippen LogP contribution in [0.5, 0.6) is 0 Å². The van der Waals surface area contributed by atoms with Crippen LogP contribution in [-0.2, 0) is 0 Å². The molecule has 0 aromatic carbocycles. The quantitative estimate of drug-likeness (QED) is 0.408. The molecule has 2 heterocycles. The molecule has 0 aromatic rings. The minimum Gasteiger partial charge on any atom is -0.326 e. The molecule has 2 saturated heterocycles. The lowest BCUT2D eigenvalue weighted by Gasteiger charge is -2.13. The summed E-state index contributed by atoms with van der Waals surface area (Å²) in [4.78, 5) is 0. The van der Waals surface area contributed by atoms with Gasteiger partial charge in [-0.05, 0) is 0 Å². The second-order valence-electron chi connectivity index (χ2n) is 3.43. The Morgan fingerprint density at radius 2 is 2.44 bits per heavy atom. The molecule has 9 heavy (non-hydrogen) atoms. The zero-order valence-corrected chi connectivity index (χ0v) is 5.84. The molecular formula is C7H15N2+. The van der Waals surface area contributed by atoms with Crippen LogP contribution in [0.2, 0.25) is 0 Å². The molecule has 0 saturated carbocycles. The third-order valence-corrected chi connectivity index (χ3v) is 2.93. The normalized spacial score (nSPS) is 47.0. The van der Waals surface area contributed by atoms with E-state index in [9.17, 15) is 0 Å². The van der Waals surface area contributed by atoms with E-state index >= 15 is 0 Å². The summed E-state index contributed by atoms with van der Waals surface area (Å²) in [6.45, 7) is 4.99. The van der Waals surface area contributed by atoms with Crippen LogP contribution in [0.1, 0.15) is 12.8 Å². The van der Waals surface area contributed by atoms with Crippen molar-refractivity contribution in [2.24, 2.45) is 5.73 Å². The Labute approximate surface area is 56.2 Å². The summed E-state index contributed by atoms with van der Waals surface area (Å²) in [5.74, 6) is 0. The summed E-state index contributed by atoms with van der Waals surface area (Å²) in [5, 5.41) is 0. The molecule has 2 heteroatoms. The molecule has 2 unspecified atom stereocenters. The van der Waals surface area contributed by atoms with Crippen LogP contribution in [0.3, 0.4) is 0 Å². The van der Waals surface area contributed by atoms with Gasteiger partial charge in [0.05, 0.1) is 13.1 Å². The Morgan fingerprint density at radius 3 is 2.89 bits per heavy atom. The summed E-state index contributed by atoms with van der Waals surface area (Å²) < 4.78 is 1.39. The second kappa shape index (κ2) is 1.70. The first-order valence-electron chi connectivity index (χ1n) is 3.93. The summed E-state index contributed by atoms with van der Waals surface area (Å²) in [5.41, 5.74) is 5.50. The number of hydrogen-bond acceptors (Lipinski definition) is 1. The van der Waals surface area contributed by atoms with E-state index in [2.05, 4.69) is 0 Å². The smallest absolute Gasteiger partial charge is 0.139 e. The number of quaternary nitrogens is 1. The van der Waals surface area contributed by atoms with Crippen molar-refractivity contribution in [1.29, 1.82) is 0 Å². The zero-order chi connectivity index (χ0) is 6.32. The minimum atomic E-state index is 0.885. The molecule has 2 N–H and O–H groups in total. The third kappa shape index (κ3) is 0.700. The number of fused-ring (bicyclic) bond motifs is 1. The fraction of sp³-hybridized carbons (Fsp3) is 1.00. The zero-order valence-electron chi connectivity index (χ0n) is 5.84. The Hall–Kier alpha value is -0.0800. The third-order valence-electron chi connectivity index (χ3n) is 2.93. The van der Waals surface area contributed by atoms with Crippen molar-refractivity contribution in [3.63, 3.8) is 0 Å². The molecule has 0 aromatic heterocycles. The summed E-state index contributed by atoms with van der Waals surface area (Å²) in [6.07, 6.45) is 2.92. The van der Waals surface area contributed by atoms with Crippen LogP contribution in [0, 0.1) is 0 Å². The van der Waals surface area contributed by atoms with Crippen molar-refractivity contribution in [3.05, 3.63) is 0 Å². The lowest BCUT2D eigenvalue weighted by atomic mass is 10.3. The molecule has 0 spiro atoms. The van der Waals surface area contributed by atoms with Gasteiger partial charge in [-0.2, -0.15) is 0 Å². The Balaban J connectivity index is 1.95. The molecule has 0 bridgehead atoms. The highest BCUT2D eigenvalue weighted by Crippen LogP contribution is 2.40. The SMILES string of the molecule is NCC[N+]12CCCC1C2. The van der Waals surface area contributed by atoms with Crippen LogP contribution in [0.4, 0.5) is 0 Å². The van der Waals surface area contributed by atoms with Gasteiger partial charge in [0.1, 0.15) is 12.6 Å². The average Bonchev–Trinajstić information content (AvgIpc) is 2.37. The van der Waals surface area contributed by atoms with E-state index in [-0.39, 0.29) is 0 Å². The van der Waals surface area contributed by atoms with Crippen LogP contribution in [0.15, 0.2) is 0 Å². The van der Waals surface area contributed by atoms with E-state index in [4.69, 9.17) is 5.73 Å². The van der Waals surface area contributed by atoms with Gasteiger partial charge in [-0.1, -0.05) is 0 Å². The molecule has 2 aliphatic rings. The first-order chi connectivity index (χ1) is 4.37. The summed E-state index contributed by atoms with van der Waals surface area (Å²) in [6, 6.07) is 1.04. The largest absolute Gasteiger partial charge is 0.326 e. The fourth-order valence-electron chi connectivity index (χ4n) is 2.30. The van der Waals surface area contributed by atoms with Crippen LogP contribution < -0.4 is 5.73 Å². The van der Waals surface area contributed by atoms with Crippen LogP contribution >= 0.6 is 0 Å². The number of rotatable bonds is 2. The van der Waals surface area contributed by atoms with E-state index in [1.165, 1.54) is 37.0 Å². The van der Waals surface area contributed by atoms with Crippen LogP contribution in [-0.4, -0.2) is 36.7 Å². The van der Waals surface area contributed by atoms with Crippen LogP contribution in [0.25, 0.3) is 0 Å². The van der Waals surface area contributed by atoms with Gasteiger partial charge in [0.2, 0.25) is 0 Å². The van der Waals surface area contributed by atoms with Crippen molar-refractivity contribution in [1.82, 2.24) is 0 Å². The first-order valence-corrected chi connectivity index (χ1v) is 3.93. The maximum absolute atomic E-state index is 5.50. The molecule has 2 aliphatic heterocycles. The van der Waals surface area contributed by atoms with Crippen molar-refractivity contribution in [2.45, 2.75) is 18.9 Å². The van der Waals surface area contributed by atoms with Gasteiger partial charge < -0.3 is 10.2 Å². The average molecular weight is 127 g/mol. The maximum Gasteiger partial charge on any atom is 0.139 e. The van der Waals surface area contributed by atoms with Gasteiger partial charge in [-0.25, -0.2) is 0 Å². The van der Waals surface area contributed by atoms with E-state index in [0.717, 1.165) is 12.6 Å². The second-order valence-corrected chi connectivity index (χ2v) is 3.43. The van der Waals surface area contributed by atoms with E-state index in [1.807, 2.05) is 0 Å². The lowest BCUT2D eigenvalue weighted by Crippen LogP contribution is -2.31. The van der Waals surface area contributed by atoms with Gasteiger partial charge >= 0.3 is 0 Å². The minimum absolute atomic E-state index is 0.885. The highest BCUT2D eigenvalue weighted by atomic mass is 15.5. The van der Waals surface area contributed by atoms with Gasteiger partial charge in [-0.15, -0.1) is 0 Å². The molecule has 2 atom stereocenters. The highest BCUT2D eigenvalue weighted by molar-refractivity contribution is 4.80. The van der Waals surface area contributed by atoms with Crippen molar-refractivity contribution in [2.75, 3.05) is 26.2 Å². The molecule has 2 nitrogen and oxygen atoms in total. The standard InChI is InChI=1S/C7H15N2/c8-3-5-9-4-1-2-7(9)6-9/h7H,1-6,8H2/q+1. The van der Waals surface area contributed by atoms with Crippen molar-refractivity contribution >= 4 is 0 Å². The predicted octanol–water partition coefficient (Wildman–Crippen LogP) is -0.0621. The summed E-state index contributed by atoms with van der Waals surface area (Å²) in [7, 11) is 0. The fourth-order valence-corrected chi connectivity index (χ4v) is 2.30. The number of nitrogens with two attached hydrogens (primary N) is 1. The number of nitrogens with zero attached hydrogens (tertiary/aromatic N) is 1. The highest BCUT2D eigenvalue weighted by Gasteiger charge is 2.57. The van der Waals surface area contributed by atoms with Gasteiger partial charge in [0.25, 0.3) is 0 Å². The van der Waals surface area contributed by atoms with E-state index < -0.39 is 0 Å². The Morgan fingerprint density at radius 1 is 1.56 bits per heavy atom. The number of hydrogen-bond donors (Lipinski definition) is 1. The van der Waals surface area contributed by atoms with Crippen molar-refractivity contribution < 1.29 is 4.48 Å². The molecule has 2 rings (SSSR count). The van der Waals surface area contributed by atoms with Crippen molar-refractivity contribution in [3.8, 4) is 0 Å². The molecule has 0 amide bonds. The molecule has 0 aliphatic carbocycles. The summed E-state index contributed by atoms with van der Waals surface area (Å²) >= 11 is 0. The first kappa shape index (κ1) is 5.69. The molecule has 2 fully saturated rings. The molecule has 0 radical (unpaired) electrons.